The number of aryl methyl sites for hydroxylation is 1. The number of hydrogen-bond acceptors (Lipinski definition) is 6. The maximum Gasteiger partial charge on any atom is 0.335 e. The third-order valence-electron chi connectivity index (χ3n) is 3.87. The second-order valence-corrected chi connectivity index (χ2v) is 7.40. The van der Waals surface area contributed by atoms with Crippen LogP contribution >= 0.6 is 23.7 Å². The average Bonchev–Trinajstić information content (AvgIpc) is 2.68. The van der Waals surface area contributed by atoms with Gasteiger partial charge in [-0.15, -0.1) is 0 Å². The minimum atomic E-state index is -1.02. The molecule has 2 aromatic carbocycles. The molecular formula is C20H18ClN3O3S. The van der Waals surface area contributed by atoms with Crippen LogP contribution in [0, 0.1) is 6.92 Å². The van der Waals surface area contributed by atoms with Crippen LogP contribution in [0.4, 0.5) is 11.5 Å². The van der Waals surface area contributed by atoms with E-state index in [9.17, 15) is 10.0 Å². The van der Waals surface area contributed by atoms with Gasteiger partial charge in [0, 0.05) is 6.20 Å². The van der Waals surface area contributed by atoms with E-state index in [0.29, 0.717) is 23.1 Å². The van der Waals surface area contributed by atoms with Crippen molar-refractivity contribution in [3.63, 3.8) is 0 Å². The molecule has 3 rings (SSSR count). The average molecular weight is 416 g/mol. The molecule has 0 aliphatic rings. The van der Waals surface area contributed by atoms with Crippen molar-refractivity contribution in [3.05, 3.63) is 88.6 Å². The third-order valence-corrected chi connectivity index (χ3v) is 5.02. The Bertz CT molecular complexity index is 955. The minimum Gasteiger partial charge on any atom is -0.478 e. The highest BCUT2D eigenvalue weighted by Gasteiger charge is 2.18. The lowest BCUT2D eigenvalue weighted by molar-refractivity contribution is 0.0697. The van der Waals surface area contributed by atoms with Gasteiger partial charge in [0.1, 0.15) is 0 Å². The van der Waals surface area contributed by atoms with Crippen molar-refractivity contribution in [1.29, 1.82) is 0 Å². The summed E-state index contributed by atoms with van der Waals surface area (Å²) < 4.78 is 2.72. The number of nitrogens with zero attached hydrogens (tertiary/aromatic N) is 3. The highest BCUT2D eigenvalue weighted by molar-refractivity contribution is 8.01. The van der Waals surface area contributed by atoms with Crippen LogP contribution in [0.2, 0.25) is 5.02 Å². The maximum absolute atomic E-state index is 11.0. The van der Waals surface area contributed by atoms with Gasteiger partial charge in [-0.1, -0.05) is 41.9 Å². The number of carboxylic acid groups (broad SMARTS) is 1. The summed E-state index contributed by atoms with van der Waals surface area (Å²) in [5.41, 5.74) is 2.52. The molecule has 1 heterocycles. The molecule has 28 heavy (non-hydrogen) atoms. The molecule has 0 amide bonds. The number of pyridine rings is 1. The summed E-state index contributed by atoms with van der Waals surface area (Å²) in [4.78, 5) is 15.4. The van der Waals surface area contributed by atoms with Crippen molar-refractivity contribution in [2.75, 3.05) is 8.77 Å². The largest absolute Gasteiger partial charge is 0.478 e. The number of carboxylic acids is 1. The number of rotatable bonds is 7. The van der Waals surface area contributed by atoms with Crippen LogP contribution in [0.3, 0.4) is 0 Å². The molecule has 6 nitrogen and oxygen atoms in total. The van der Waals surface area contributed by atoms with Gasteiger partial charge in [0.2, 0.25) is 0 Å². The van der Waals surface area contributed by atoms with Gasteiger partial charge in [0.05, 0.1) is 35.0 Å². The molecule has 0 aliphatic heterocycles. The highest BCUT2D eigenvalue weighted by Crippen LogP contribution is 2.33. The van der Waals surface area contributed by atoms with Gasteiger partial charge in [-0.3, -0.25) is 9.51 Å². The molecule has 8 heteroatoms. The van der Waals surface area contributed by atoms with Gasteiger partial charge in [-0.2, -0.15) is 4.47 Å². The molecule has 0 atom stereocenters. The molecule has 0 fully saturated rings. The summed E-state index contributed by atoms with van der Waals surface area (Å²) in [7, 11) is 0. The number of halogens is 1. The molecule has 0 bridgehead atoms. The Morgan fingerprint density at radius 2 is 1.82 bits per heavy atom. The molecule has 0 saturated heterocycles. The number of carbonyl (C=O) groups is 1. The number of aromatic carboxylic acids is 1. The summed E-state index contributed by atoms with van der Waals surface area (Å²) in [5.74, 6) is -0.507. The van der Waals surface area contributed by atoms with Crippen molar-refractivity contribution < 1.29 is 15.1 Å². The number of aromatic nitrogens is 1. The maximum atomic E-state index is 11.0. The smallest absolute Gasteiger partial charge is 0.335 e. The number of benzene rings is 2. The minimum absolute atomic E-state index is 0.145. The second kappa shape index (κ2) is 8.97. The lowest BCUT2D eigenvalue weighted by Gasteiger charge is -2.27. The molecule has 1 aromatic heterocycles. The molecule has 144 valence electrons. The van der Waals surface area contributed by atoms with Crippen LogP contribution in [0.5, 0.6) is 0 Å². The molecule has 0 saturated carbocycles. The van der Waals surface area contributed by atoms with E-state index >= 15 is 0 Å². The normalized spacial score (nSPS) is 10.5. The van der Waals surface area contributed by atoms with Crippen LogP contribution in [0.1, 0.15) is 21.5 Å². The summed E-state index contributed by atoms with van der Waals surface area (Å²) >= 11 is 7.40. The summed E-state index contributed by atoms with van der Waals surface area (Å²) in [6.45, 7) is 2.35. The standard InChI is InChI=1S/C20H18ClN3O3S/c1-14-11-18(21)19(22-12-14)23(13-15-5-3-2-4-6-15)28-24(27)17-9-7-16(8-10-17)20(25)26/h2-12,27H,13H2,1H3,(H,25,26). The molecule has 0 aliphatic carbocycles. The van der Waals surface area contributed by atoms with Crippen molar-refractivity contribution in [1.82, 2.24) is 4.98 Å². The second-order valence-electron chi connectivity index (χ2n) is 6.05. The quantitative estimate of drug-likeness (QED) is 0.405. The van der Waals surface area contributed by atoms with E-state index in [2.05, 4.69) is 4.98 Å². The zero-order valence-corrected chi connectivity index (χ0v) is 16.6. The lowest BCUT2D eigenvalue weighted by Crippen LogP contribution is -2.23. The van der Waals surface area contributed by atoms with Gasteiger partial charge in [0.15, 0.2) is 5.82 Å². The molecule has 2 N–H and O–H groups in total. The number of hydrogen-bond donors (Lipinski definition) is 2. The predicted octanol–water partition coefficient (Wildman–Crippen LogP) is 5.21. The Labute approximate surface area is 172 Å². The topological polar surface area (TPSA) is 76.9 Å². The lowest BCUT2D eigenvalue weighted by atomic mass is 10.2. The zero-order chi connectivity index (χ0) is 20.1. The fourth-order valence-corrected chi connectivity index (χ4v) is 3.68. The van der Waals surface area contributed by atoms with Gasteiger partial charge in [-0.25, -0.2) is 9.78 Å². The van der Waals surface area contributed by atoms with Gasteiger partial charge >= 0.3 is 5.97 Å². The van der Waals surface area contributed by atoms with Crippen molar-refractivity contribution in [2.24, 2.45) is 0 Å². The number of anilines is 2. The van der Waals surface area contributed by atoms with Crippen LogP contribution in [0.15, 0.2) is 66.9 Å². The molecule has 0 unspecified atom stereocenters. The third kappa shape index (κ3) is 4.95. The molecule has 3 aromatic rings. The Morgan fingerprint density at radius 1 is 1.14 bits per heavy atom. The first kappa shape index (κ1) is 20.0. The van der Waals surface area contributed by atoms with Gasteiger partial charge < -0.3 is 5.11 Å². The summed E-state index contributed by atoms with van der Waals surface area (Å²) in [5, 5.41) is 20.0. The van der Waals surface area contributed by atoms with Crippen LogP contribution in [0.25, 0.3) is 0 Å². The van der Waals surface area contributed by atoms with Gasteiger partial charge in [0.25, 0.3) is 0 Å². The fraction of sp³-hybridized carbons (Fsp3) is 0.100. The van der Waals surface area contributed by atoms with E-state index in [4.69, 9.17) is 16.7 Å². The summed E-state index contributed by atoms with van der Waals surface area (Å²) in [6, 6.07) is 17.5. The molecular weight excluding hydrogens is 398 g/mol. The highest BCUT2D eigenvalue weighted by atomic mass is 35.5. The first-order valence-electron chi connectivity index (χ1n) is 8.38. The van der Waals surface area contributed by atoms with E-state index in [1.807, 2.05) is 43.3 Å². The Balaban J connectivity index is 1.86. The van der Waals surface area contributed by atoms with Gasteiger partial charge in [-0.05, 0) is 48.4 Å². The predicted molar refractivity (Wildman–Crippen MR) is 112 cm³/mol. The first-order chi connectivity index (χ1) is 13.4. The van der Waals surface area contributed by atoms with Crippen molar-refractivity contribution >= 4 is 41.2 Å². The SMILES string of the molecule is Cc1cnc(N(Cc2ccccc2)SN(O)c2ccc(C(=O)O)cc2)c(Cl)c1. The first-order valence-corrected chi connectivity index (χ1v) is 9.49. The molecule has 0 spiro atoms. The summed E-state index contributed by atoms with van der Waals surface area (Å²) in [6.07, 6.45) is 1.71. The van der Waals surface area contributed by atoms with Crippen LogP contribution in [-0.4, -0.2) is 21.3 Å². The fourth-order valence-electron chi connectivity index (χ4n) is 2.47. The van der Waals surface area contributed by atoms with E-state index in [-0.39, 0.29) is 5.56 Å². The van der Waals surface area contributed by atoms with E-state index in [0.717, 1.165) is 27.7 Å². The van der Waals surface area contributed by atoms with Crippen molar-refractivity contribution in [3.8, 4) is 0 Å². The Kier molecular flexibility index (Phi) is 6.41. The molecule has 0 radical (unpaired) electrons. The monoisotopic (exact) mass is 415 g/mol. The van der Waals surface area contributed by atoms with Crippen LogP contribution < -0.4 is 8.77 Å². The Hall–Kier alpha value is -2.74. The van der Waals surface area contributed by atoms with E-state index in [1.54, 1.807) is 10.5 Å². The van der Waals surface area contributed by atoms with E-state index in [1.165, 1.54) is 24.3 Å². The van der Waals surface area contributed by atoms with Crippen LogP contribution in [-0.2, 0) is 6.54 Å². The zero-order valence-electron chi connectivity index (χ0n) is 15.0. The van der Waals surface area contributed by atoms with E-state index < -0.39 is 5.97 Å². The Morgan fingerprint density at radius 3 is 2.43 bits per heavy atom. The van der Waals surface area contributed by atoms with Crippen molar-refractivity contribution in [2.45, 2.75) is 13.5 Å².